The average Bonchev–Trinajstić information content (AvgIpc) is 2.62. The molecule has 0 fully saturated rings. The Morgan fingerprint density at radius 3 is 2.56 bits per heavy atom. The van der Waals surface area contributed by atoms with Crippen molar-refractivity contribution in [1.29, 1.82) is 0 Å². The van der Waals surface area contributed by atoms with E-state index in [1.165, 1.54) is 0 Å². The standard InChI is InChI=1S/C17H19ClN4O2S/c1-11-14(18)4-3-5-15(11)20-17(25)22-21-16(23)10-19-12-6-8-13(24-2)9-7-12/h3-9,19H,10H2,1-2H3,(H,21,23)(H2,20,22,25). The molecule has 25 heavy (non-hydrogen) atoms. The summed E-state index contributed by atoms with van der Waals surface area (Å²) < 4.78 is 5.08. The summed E-state index contributed by atoms with van der Waals surface area (Å²) in [5, 5.41) is 6.88. The number of hydrazine groups is 1. The third-order valence-electron chi connectivity index (χ3n) is 3.37. The Morgan fingerprint density at radius 2 is 1.88 bits per heavy atom. The van der Waals surface area contributed by atoms with Gasteiger partial charge < -0.3 is 15.4 Å². The van der Waals surface area contributed by atoms with Gasteiger partial charge in [0.05, 0.1) is 13.7 Å². The molecule has 6 nitrogen and oxygen atoms in total. The second kappa shape index (κ2) is 9.10. The van der Waals surface area contributed by atoms with Gasteiger partial charge in [0.2, 0.25) is 0 Å². The summed E-state index contributed by atoms with van der Waals surface area (Å²) in [5.41, 5.74) is 7.63. The maximum atomic E-state index is 11.8. The second-order valence-electron chi connectivity index (χ2n) is 5.12. The lowest BCUT2D eigenvalue weighted by Crippen LogP contribution is -2.45. The van der Waals surface area contributed by atoms with Crippen LogP contribution in [0.1, 0.15) is 5.56 Å². The van der Waals surface area contributed by atoms with Crippen molar-refractivity contribution in [3.63, 3.8) is 0 Å². The van der Waals surface area contributed by atoms with Crippen molar-refractivity contribution >= 4 is 46.2 Å². The maximum absolute atomic E-state index is 11.8. The van der Waals surface area contributed by atoms with E-state index in [-0.39, 0.29) is 17.6 Å². The van der Waals surface area contributed by atoms with Gasteiger partial charge in [0, 0.05) is 16.4 Å². The third-order valence-corrected chi connectivity index (χ3v) is 3.99. The number of thiocarbonyl (C=S) groups is 1. The lowest BCUT2D eigenvalue weighted by atomic mass is 10.2. The van der Waals surface area contributed by atoms with Crippen LogP contribution in [-0.2, 0) is 4.79 Å². The minimum atomic E-state index is -0.261. The molecule has 0 aliphatic rings. The van der Waals surface area contributed by atoms with Crippen LogP contribution in [0, 0.1) is 6.92 Å². The Morgan fingerprint density at radius 1 is 1.16 bits per heavy atom. The van der Waals surface area contributed by atoms with Crippen molar-refractivity contribution < 1.29 is 9.53 Å². The van der Waals surface area contributed by atoms with Gasteiger partial charge in [0.15, 0.2) is 5.11 Å². The van der Waals surface area contributed by atoms with Gasteiger partial charge >= 0.3 is 0 Å². The molecule has 1 amide bonds. The number of hydrogen-bond donors (Lipinski definition) is 4. The fourth-order valence-electron chi connectivity index (χ4n) is 1.96. The number of benzene rings is 2. The molecule has 0 spiro atoms. The van der Waals surface area contributed by atoms with Crippen molar-refractivity contribution in [3.05, 3.63) is 53.1 Å². The minimum Gasteiger partial charge on any atom is -0.497 e. The molecular weight excluding hydrogens is 360 g/mol. The zero-order chi connectivity index (χ0) is 18.2. The molecule has 4 N–H and O–H groups in total. The molecule has 8 heteroatoms. The summed E-state index contributed by atoms with van der Waals surface area (Å²) in [4.78, 5) is 11.8. The van der Waals surface area contributed by atoms with Crippen LogP contribution in [0.15, 0.2) is 42.5 Å². The zero-order valence-electron chi connectivity index (χ0n) is 13.9. The first-order valence-electron chi connectivity index (χ1n) is 7.48. The lowest BCUT2D eigenvalue weighted by molar-refractivity contribution is -0.119. The van der Waals surface area contributed by atoms with Crippen molar-refractivity contribution in [2.45, 2.75) is 6.92 Å². The van der Waals surface area contributed by atoms with E-state index in [0.717, 1.165) is 22.7 Å². The Hall–Kier alpha value is -2.51. The van der Waals surface area contributed by atoms with Gasteiger partial charge in [-0.25, -0.2) is 0 Å². The van der Waals surface area contributed by atoms with E-state index in [1.807, 2.05) is 43.3 Å². The molecule has 0 unspecified atom stereocenters. The van der Waals surface area contributed by atoms with E-state index in [0.29, 0.717) is 5.02 Å². The molecule has 0 aromatic heterocycles. The predicted octanol–water partition coefficient (Wildman–Crippen LogP) is 3.09. The number of ether oxygens (including phenoxy) is 1. The molecule has 0 heterocycles. The summed E-state index contributed by atoms with van der Waals surface area (Å²) in [6, 6.07) is 12.7. The highest BCUT2D eigenvalue weighted by Gasteiger charge is 2.05. The van der Waals surface area contributed by atoms with Crippen molar-refractivity contribution in [1.82, 2.24) is 10.9 Å². The number of halogens is 1. The molecule has 0 aliphatic heterocycles. The van der Waals surface area contributed by atoms with Gasteiger partial charge in [0.1, 0.15) is 5.75 Å². The summed E-state index contributed by atoms with van der Waals surface area (Å²) >= 11 is 11.2. The summed E-state index contributed by atoms with van der Waals surface area (Å²) in [5.74, 6) is 0.493. The summed E-state index contributed by atoms with van der Waals surface area (Å²) in [7, 11) is 1.60. The van der Waals surface area contributed by atoms with Crippen LogP contribution in [0.3, 0.4) is 0 Å². The topological polar surface area (TPSA) is 74.4 Å². The van der Waals surface area contributed by atoms with Crippen LogP contribution in [0.4, 0.5) is 11.4 Å². The van der Waals surface area contributed by atoms with Gasteiger partial charge in [-0.15, -0.1) is 0 Å². The maximum Gasteiger partial charge on any atom is 0.257 e. The average molecular weight is 379 g/mol. The Kier molecular flexibility index (Phi) is 6.85. The van der Waals surface area contributed by atoms with Crippen LogP contribution in [0.5, 0.6) is 5.75 Å². The molecule has 0 saturated carbocycles. The Labute approximate surface area is 156 Å². The van der Waals surface area contributed by atoms with Crippen LogP contribution >= 0.6 is 23.8 Å². The molecule has 2 aromatic carbocycles. The first-order valence-corrected chi connectivity index (χ1v) is 8.27. The van der Waals surface area contributed by atoms with Gasteiger partial charge in [-0.05, 0) is 61.1 Å². The molecule has 0 atom stereocenters. The van der Waals surface area contributed by atoms with Crippen LogP contribution in [-0.4, -0.2) is 24.7 Å². The highest BCUT2D eigenvalue weighted by molar-refractivity contribution is 7.80. The number of carbonyl (C=O) groups excluding carboxylic acids is 1. The van der Waals surface area contributed by atoms with Crippen LogP contribution < -0.4 is 26.2 Å². The molecule has 2 aromatic rings. The molecular formula is C17H19ClN4O2S. The van der Waals surface area contributed by atoms with Crippen molar-refractivity contribution in [3.8, 4) is 5.75 Å². The first-order chi connectivity index (χ1) is 12.0. The van der Waals surface area contributed by atoms with Crippen molar-refractivity contribution in [2.24, 2.45) is 0 Å². The number of hydrogen-bond acceptors (Lipinski definition) is 4. The van der Waals surface area contributed by atoms with E-state index in [9.17, 15) is 4.79 Å². The molecule has 0 aliphatic carbocycles. The number of nitrogens with one attached hydrogen (secondary N) is 4. The third kappa shape index (κ3) is 5.81. The van der Waals surface area contributed by atoms with E-state index in [2.05, 4.69) is 21.5 Å². The fourth-order valence-corrected chi connectivity index (χ4v) is 2.29. The van der Waals surface area contributed by atoms with Gasteiger partial charge in [-0.3, -0.25) is 15.6 Å². The van der Waals surface area contributed by atoms with Crippen molar-refractivity contribution in [2.75, 3.05) is 24.3 Å². The highest BCUT2D eigenvalue weighted by atomic mass is 35.5. The number of methoxy groups -OCH3 is 1. The zero-order valence-corrected chi connectivity index (χ0v) is 15.4. The summed E-state index contributed by atoms with van der Waals surface area (Å²) in [6.07, 6.45) is 0. The smallest absolute Gasteiger partial charge is 0.257 e. The summed E-state index contributed by atoms with van der Waals surface area (Å²) in [6.45, 7) is 1.97. The van der Waals surface area contributed by atoms with Gasteiger partial charge in [-0.2, -0.15) is 0 Å². The van der Waals surface area contributed by atoms with E-state index in [4.69, 9.17) is 28.6 Å². The fraction of sp³-hybridized carbons (Fsp3) is 0.176. The lowest BCUT2D eigenvalue weighted by Gasteiger charge is -2.14. The SMILES string of the molecule is COc1ccc(NCC(=O)NNC(=S)Nc2cccc(Cl)c2C)cc1. The van der Waals surface area contributed by atoms with Gasteiger partial charge in [-0.1, -0.05) is 17.7 Å². The Bertz CT molecular complexity index is 753. The van der Waals surface area contributed by atoms with E-state index in [1.54, 1.807) is 13.2 Å². The van der Waals surface area contributed by atoms with Gasteiger partial charge in [0.25, 0.3) is 5.91 Å². The number of rotatable bonds is 5. The second-order valence-corrected chi connectivity index (χ2v) is 5.94. The Balaban J connectivity index is 1.75. The highest BCUT2D eigenvalue weighted by Crippen LogP contribution is 2.22. The molecule has 0 saturated heterocycles. The molecule has 0 radical (unpaired) electrons. The minimum absolute atomic E-state index is 0.0954. The van der Waals surface area contributed by atoms with E-state index >= 15 is 0 Å². The predicted molar refractivity (Wildman–Crippen MR) is 105 cm³/mol. The molecule has 0 bridgehead atoms. The normalized spacial score (nSPS) is 9.88. The molecule has 132 valence electrons. The number of carbonyl (C=O) groups is 1. The monoisotopic (exact) mass is 378 g/mol. The first kappa shape index (κ1) is 18.8. The van der Waals surface area contributed by atoms with Crippen LogP contribution in [0.2, 0.25) is 5.02 Å². The largest absolute Gasteiger partial charge is 0.497 e. The van der Waals surface area contributed by atoms with E-state index < -0.39 is 0 Å². The number of anilines is 2. The molecule has 2 rings (SSSR count). The quantitative estimate of drug-likeness (QED) is 0.473. The van der Waals surface area contributed by atoms with Crippen LogP contribution in [0.25, 0.3) is 0 Å². The number of amides is 1.